The second-order valence-corrected chi connectivity index (χ2v) is 5.95. The maximum absolute atomic E-state index is 12.2. The summed E-state index contributed by atoms with van der Waals surface area (Å²) in [6.45, 7) is 2.80. The van der Waals surface area contributed by atoms with Crippen molar-refractivity contribution in [3.05, 3.63) is 46.4 Å². The normalized spacial score (nSPS) is 18.1. The first-order valence-electron chi connectivity index (χ1n) is 6.75. The van der Waals surface area contributed by atoms with Crippen LogP contribution < -0.4 is 10.6 Å². The number of fused-ring (bicyclic) bond motifs is 1. The van der Waals surface area contributed by atoms with Crippen molar-refractivity contribution in [2.75, 3.05) is 11.9 Å². The Morgan fingerprint density at radius 2 is 2.40 bits per heavy atom. The van der Waals surface area contributed by atoms with Crippen molar-refractivity contribution in [3.63, 3.8) is 0 Å². The molecule has 2 aromatic rings. The summed E-state index contributed by atoms with van der Waals surface area (Å²) in [5.74, 6) is 0.339. The van der Waals surface area contributed by atoms with Gasteiger partial charge in [0, 0.05) is 36.1 Å². The van der Waals surface area contributed by atoms with E-state index < -0.39 is 0 Å². The maximum Gasteiger partial charge on any atom is 0.221 e. The zero-order valence-electron chi connectivity index (χ0n) is 11.3. The third kappa shape index (κ3) is 2.67. The van der Waals surface area contributed by atoms with Crippen LogP contribution in [0.1, 0.15) is 35.9 Å². The van der Waals surface area contributed by atoms with Gasteiger partial charge in [0.25, 0.3) is 0 Å². The minimum Gasteiger partial charge on any atom is -0.384 e. The van der Waals surface area contributed by atoms with E-state index in [2.05, 4.69) is 27.8 Å². The second-order valence-electron chi connectivity index (χ2n) is 5.03. The molecule has 1 aliphatic heterocycles. The molecule has 0 aliphatic carbocycles. The zero-order chi connectivity index (χ0) is 13.9. The van der Waals surface area contributed by atoms with Crippen molar-refractivity contribution in [1.82, 2.24) is 10.3 Å². The van der Waals surface area contributed by atoms with E-state index >= 15 is 0 Å². The van der Waals surface area contributed by atoms with Gasteiger partial charge in [-0.05, 0) is 18.6 Å². The van der Waals surface area contributed by atoms with Crippen LogP contribution in [0.3, 0.4) is 0 Å². The van der Waals surface area contributed by atoms with Gasteiger partial charge in [0.1, 0.15) is 5.01 Å². The molecule has 1 aromatic heterocycles. The van der Waals surface area contributed by atoms with E-state index in [4.69, 9.17) is 0 Å². The van der Waals surface area contributed by atoms with E-state index in [0.717, 1.165) is 17.2 Å². The predicted molar refractivity (Wildman–Crippen MR) is 81.0 cm³/mol. The monoisotopic (exact) mass is 287 g/mol. The Balaban J connectivity index is 1.60. The fraction of sp³-hybridized carbons (Fsp3) is 0.333. The van der Waals surface area contributed by atoms with E-state index in [-0.39, 0.29) is 17.9 Å². The number of amides is 1. The second kappa shape index (κ2) is 5.63. The van der Waals surface area contributed by atoms with Gasteiger partial charge in [-0.25, -0.2) is 4.98 Å². The Bertz CT molecular complexity index is 597. The molecule has 2 unspecified atom stereocenters. The molecule has 1 aromatic carbocycles. The Kier molecular flexibility index (Phi) is 3.69. The van der Waals surface area contributed by atoms with Crippen LogP contribution >= 0.6 is 11.3 Å². The summed E-state index contributed by atoms with van der Waals surface area (Å²) in [6.07, 6.45) is 2.28. The van der Waals surface area contributed by atoms with Gasteiger partial charge in [0.15, 0.2) is 0 Å². The number of hydrogen-bond donors (Lipinski definition) is 2. The molecule has 4 nitrogen and oxygen atoms in total. The SMILES string of the molecule is CC(NC(=O)CC1CNc2ccccc21)c1nccs1. The first-order chi connectivity index (χ1) is 9.74. The fourth-order valence-electron chi connectivity index (χ4n) is 2.57. The molecule has 0 bridgehead atoms. The third-order valence-electron chi connectivity index (χ3n) is 3.57. The largest absolute Gasteiger partial charge is 0.384 e. The van der Waals surface area contributed by atoms with Crippen LogP contribution in [0, 0.1) is 0 Å². The standard InChI is InChI=1S/C15H17N3OS/c1-10(15-16-6-7-20-15)18-14(19)8-11-9-17-13-5-3-2-4-12(11)13/h2-7,10-11,17H,8-9H2,1H3,(H,18,19). The van der Waals surface area contributed by atoms with Gasteiger partial charge in [0.2, 0.25) is 5.91 Å². The van der Waals surface area contributed by atoms with Gasteiger partial charge in [-0.1, -0.05) is 18.2 Å². The number of carbonyl (C=O) groups is 1. The molecule has 2 atom stereocenters. The molecule has 0 radical (unpaired) electrons. The third-order valence-corrected chi connectivity index (χ3v) is 4.53. The molecular weight excluding hydrogens is 270 g/mol. The first-order valence-corrected chi connectivity index (χ1v) is 7.63. The van der Waals surface area contributed by atoms with Crippen LogP contribution in [0.25, 0.3) is 0 Å². The summed E-state index contributed by atoms with van der Waals surface area (Å²) in [7, 11) is 0. The number of thiazole rings is 1. The molecule has 0 fully saturated rings. The lowest BCUT2D eigenvalue weighted by molar-refractivity contribution is -0.122. The van der Waals surface area contributed by atoms with Gasteiger partial charge in [-0.2, -0.15) is 0 Å². The van der Waals surface area contributed by atoms with E-state index in [0.29, 0.717) is 6.42 Å². The summed E-state index contributed by atoms with van der Waals surface area (Å²) in [4.78, 5) is 16.4. The number of anilines is 1. The highest BCUT2D eigenvalue weighted by molar-refractivity contribution is 7.09. The smallest absolute Gasteiger partial charge is 0.221 e. The number of para-hydroxylation sites is 1. The molecule has 3 rings (SSSR count). The number of rotatable bonds is 4. The van der Waals surface area contributed by atoms with Crippen LogP contribution in [0.2, 0.25) is 0 Å². The molecule has 2 heterocycles. The van der Waals surface area contributed by atoms with Crippen LogP contribution in [0.4, 0.5) is 5.69 Å². The first kappa shape index (κ1) is 13.1. The molecule has 1 aliphatic rings. The molecular formula is C15H17N3OS. The summed E-state index contributed by atoms with van der Waals surface area (Å²) >= 11 is 1.57. The highest BCUT2D eigenvalue weighted by Crippen LogP contribution is 2.33. The lowest BCUT2D eigenvalue weighted by Gasteiger charge is -2.14. The molecule has 0 saturated carbocycles. The van der Waals surface area contributed by atoms with Gasteiger partial charge >= 0.3 is 0 Å². The molecule has 0 spiro atoms. The van der Waals surface area contributed by atoms with Gasteiger partial charge in [-0.3, -0.25) is 4.79 Å². The lowest BCUT2D eigenvalue weighted by atomic mass is 9.97. The Morgan fingerprint density at radius 1 is 1.55 bits per heavy atom. The number of carbonyl (C=O) groups excluding carboxylic acids is 1. The van der Waals surface area contributed by atoms with E-state index in [1.54, 1.807) is 17.5 Å². The quantitative estimate of drug-likeness (QED) is 0.909. The maximum atomic E-state index is 12.2. The number of nitrogens with one attached hydrogen (secondary N) is 2. The molecule has 5 heteroatoms. The number of benzene rings is 1. The highest BCUT2D eigenvalue weighted by atomic mass is 32.1. The Hall–Kier alpha value is -1.88. The van der Waals surface area contributed by atoms with Crippen molar-refractivity contribution in [2.24, 2.45) is 0 Å². The van der Waals surface area contributed by atoms with Crippen molar-refractivity contribution < 1.29 is 4.79 Å². The Morgan fingerprint density at radius 3 is 3.20 bits per heavy atom. The average Bonchev–Trinajstić information content (AvgIpc) is 3.09. The molecule has 104 valence electrons. The lowest BCUT2D eigenvalue weighted by Crippen LogP contribution is -2.28. The molecule has 20 heavy (non-hydrogen) atoms. The fourth-order valence-corrected chi connectivity index (χ4v) is 3.22. The van der Waals surface area contributed by atoms with Crippen molar-refractivity contribution >= 4 is 22.9 Å². The zero-order valence-corrected chi connectivity index (χ0v) is 12.1. The minimum atomic E-state index is -0.0212. The van der Waals surface area contributed by atoms with Crippen LogP contribution in [0.5, 0.6) is 0 Å². The summed E-state index contributed by atoms with van der Waals surface area (Å²) in [5, 5.41) is 9.24. The predicted octanol–water partition coefficient (Wildman–Crippen LogP) is 2.92. The summed E-state index contributed by atoms with van der Waals surface area (Å²) in [5.41, 5.74) is 2.39. The van der Waals surface area contributed by atoms with Crippen LogP contribution in [0.15, 0.2) is 35.8 Å². The topological polar surface area (TPSA) is 54.0 Å². The van der Waals surface area contributed by atoms with Crippen molar-refractivity contribution in [1.29, 1.82) is 0 Å². The molecule has 1 amide bonds. The van der Waals surface area contributed by atoms with Crippen molar-refractivity contribution in [3.8, 4) is 0 Å². The van der Waals surface area contributed by atoms with Gasteiger partial charge < -0.3 is 10.6 Å². The Labute approximate surface area is 122 Å². The average molecular weight is 287 g/mol. The van der Waals surface area contributed by atoms with E-state index in [1.807, 2.05) is 24.4 Å². The number of nitrogens with zero attached hydrogens (tertiary/aromatic N) is 1. The number of hydrogen-bond acceptors (Lipinski definition) is 4. The van der Waals surface area contributed by atoms with Crippen LogP contribution in [-0.4, -0.2) is 17.4 Å². The van der Waals surface area contributed by atoms with E-state index in [9.17, 15) is 4.79 Å². The molecule has 2 N–H and O–H groups in total. The highest BCUT2D eigenvalue weighted by Gasteiger charge is 2.24. The molecule has 0 saturated heterocycles. The van der Waals surface area contributed by atoms with Gasteiger partial charge in [0.05, 0.1) is 6.04 Å². The summed E-state index contributed by atoms with van der Waals surface area (Å²) < 4.78 is 0. The van der Waals surface area contributed by atoms with Crippen LogP contribution in [-0.2, 0) is 4.79 Å². The van der Waals surface area contributed by atoms with Gasteiger partial charge in [-0.15, -0.1) is 11.3 Å². The minimum absolute atomic E-state index is 0.0212. The number of aromatic nitrogens is 1. The van der Waals surface area contributed by atoms with Crippen molar-refractivity contribution in [2.45, 2.75) is 25.3 Å². The summed E-state index contributed by atoms with van der Waals surface area (Å²) in [6, 6.07) is 8.17. The van der Waals surface area contributed by atoms with E-state index in [1.165, 1.54) is 5.56 Å².